The summed E-state index contributed by atoms with van der Waals surface area (Å²) in [6, 6.07) is 3.92. The van der Waals surface area contributed by atoms with Crippen LogP contribution in [-0.4, -0.2) is 36.2 Å². The molecule has 3 aliphatic rings. The maximum absolute atomic E-state index is 16.0. The predicted octanol–water partition coefficient (Wildman–Crippen LogP) is 4.01. The fourth-order valence-corrected chi connectivity index (χ4v) is 5.41. The van der Waals surface area contributed by atoms with Gasteiger partial charge in [-0.3, -0.25) is 4.98 Å². The van der Waals surface area contributed by atoms with Crippen LogP contribution in [0.25, 0.3) is 0 Å². The van der Waals surface area contributed by atoms with Gasteiger partial charge in [0.25, 0.3) is 5.92 Å². The molecule has 6 nitrogen and oxygen atoms in total. The molecule has 180 valence electrons. The predicted molar refractivity (Wildman–Crippen MR) is 100 cm³/mol. The van der Waals surface area contributed by atoms with Gasteiger partial charge in [0.05, 0.1) is 6.54 Å². The van der Waals surface area contributed by atoms with Gasteiger partial charge in [-0.1, -0.05) is 6.07 Å². The van der Waals surface area contributed by atoms with Crippen LogP contribution < -0.4 is 0 Å². The van der Waals surface area contributed by atoms with Crippen molar-refractivity contribution < 1.29 is 35.8 Å². The fraction of sp³-hybridized carbons (Fsp3) is 0.429. The topological polar surface area (TPSA) is 76.7 Å². The van der Waals surface area contributed by atoms with Crippen LogP contribution in [0, 0.1) is 17.0 Å². The van der Waals surface area contributed by atoms with Gasteiger partial charge < -0.3 is 5.11 Å². The molecule has 1 aromatic carbocycles. The quantitative estimate of drug-likeness (QED) is 0.532. The van der Waals surface area contributed by atoms with Crippen molar-refractivity contribution in [3.05, 3.63) is 71.3 Å². The Morgan fingerprint density at radius 1 is 1.00 bits per heavy atom. The van der Waals surface area contributed by atoms with Gasteiger partial charge in [-0.25, -0.2) is 22.2 Å². The first-order valence-electron chi connectivity index (χ1n) is 10.1. The van der Waals surface area contributed by atoms with E-state index >= 15 is 8.78 Å². The third kappa shape index (κ3) is 3.05. The number of tetrazole rings is 1. The summed E-state index contributed by atoms with van der Waals surface area (Å²) in [5, 5.41) is 21.4. The van der Waals surface area contributed by atoms with E-state index in [0.29, 0.717) is 11.6 Å². The number of halogens is 7. The van der Waals surface area contributed by atoms with E-state index in [1.807, 2.05) is 0 Å². The maximum atomic E-state index is 16.0. The molecule has 0 radical (unpaired) electrons. The number of hydrogen-bond donors (Lipinski definition) is 1. The standard InChI is InChI=1S/C21H16F7N5O/c22-13-2-3-14(15(23)5-13)19(34,10-33-11-30-31-32-33)21(27,28)18-7-17(8-18,9-18)12-1-4-16(29-6-12)20(24,25)26/h1-6,11,34H,7-10H2. The molecule has 34 heavy (non-hydrogen) atoms. The Bertz CT molecular complexity index is 1210. The molecule has 3 fully saturated rings. The highest BCUT2D eigenvalue weighted by molar-refractivity contribution is 5.42. The highest BCUT2D eigenvalue weighted by Crippen LogP contribution is 2.80. The number of aliphatic hydroxyl groups is 1. The van der Waals surface area contributed by atoms with Crippen molar-refractivity contribution in [3.8, 4) is 0 Å². The number of nitrogens with zero attached hydrogens (tertiary/aromatic N) is 5. The van der Waals surface area contributed by atoms with Crippen molar-refractivity contribution in [3.63, 3.8) is 0 Å². The Balaban J connectivity index is 1.47. The molecule has 3 saturated carbocycles. The normalized spacial score (nSPS) is 25.9. The third-order valence-corrected chi connectivity index (χ3v) is 7.04. The Morgan fingerprint density at radius 2 is 1.71 bits per heavy atom. The molecule has 2 bridgehead atoms. The van der Waals surface area contributed by atoms with Gasteiger partial charge in [-0.05, 0) is 58.9 Å². The Hall–Kier alpha value is -3.09. The lowest BCUT2D eigenvalue weighted by Crippen LogP contribution is -2.76. The highest BCUT2D eigenvalue weighted by Gasteiger charge is 2.82. The summed E-state index contributed by atoms with van der Waals surface area (Å²) in [4.78, 5) is 3.40. The second-order valence-electron chi connectivity index (χ2n) is 9.09. The maximum Gasteiger partial charge on any atom is 0.433 e. The number of rotatable bonds is 6. The summed E-state index contributed by atoms with van der Waals surface area (Å²) in [6.45, 7) is -0.911. The average Bonchev–Trinajstić information content (AvgIpc) is 3.18. The number of aromatic nitrogens is 5. The summed E-state index contributed by atoms with van der Waals surface area (Å²) < 4.78 is 99.3. The van der Waals surface area contributed by atoms with Crippen LogP contribution in [0.15, 0.2) is 42.9 Å². The van der Waals surface area contributed by atoms with Crippen molar-refractivity contribution in [2.45, 2.75) is 48.9 Å². The molecule has 3 aliphatic carbocycles. The Kier molecular flexibility index (Phi) is 4.65. The molecule has 2 aromatic heterocycles. The molecule has 1 atom stereocenters. The average molecular weight is 487 g/mol. The van der Waals surface area contributed by atoms with Crippen LogP contribution >= 0.6 is 0 Å². The molecular weight excluding hydrogens is 471 g/mol. The molecule has 2 heterocycles. The van der Waals surface area contributed by atoms with Crippen LogP contribution in [0.2, 0.25) is 0 Å². The minimum Gasteiger partial charge on any atom is -0.377 e. The second-order valence-corrected chi connectivity index (χ2v) is 9.09. The SMILES string of the molecule is OC(Cn1cnnn1)(c1ccc(F)cc1F)C(F)(F)C12CC(c3ccc(C(F)(F)F)nc3)(C1)C2. The van der Waals surface area contributed by atoms with Gasteiger partial charge in [0.2, 0.25) is 0 Å². The zero-order valence-corrected chi connectivity index (χ0v) is 17.2. The molecular formula is C21H16F7N5O. The van der Waals surface area contributed by atoms with Gasteiger partial charge >= 0.3 is 6.18 Å². The lowest BCUT2D eigenvalue weighted by molar-refractivity contribution is -0.347. The van der Waals surface area contributed by atoms with Crippen LogP contribution in [0.1, 0.15) is 36.1 Å². The van der Waals surface area contributed by atoms with Gasteiger partial charge in [-0.15, -0.1) is 5.10 Å². The minimum absolute atomic E-state index is 0.152. The van der Waals surface area contributed by atoms with Gasteiger partial charge in [0.1, 0.15) is 23.7 Å². The first-order chi connectivity index (χ1) is 15.8. The molecule has 0 spiro atoms. The number of benzene rings is 1. The summed E-state index contributed by atoms with van der Waals surface area (Å²) in [5.74, 6) is -6.29. The van der Waals surface area contributed by atoms with Crippen molar-refractivity contribution in [2.75, 3.05) is 0 Å². The smallest absolute Gasteiger partial charge is 0.377 e. The number of alkyl halides is 5. The first kappa shape index (κ1) is 22.7. The van der Waals surface area contributed by atoms with Crippen LogP contribution in [-0.2, 0) is 23.7 Å². The first-order valence-corrected chi connectivity index (χ1v) is 10.1. The number of hydrogen-bond acceptors (Lipinski definition) is 5. The zero-order chi connectivity index (χ0) is 24.6. The van der Waals surface area contributed by atoms with Crippen LogP contribution in [0.5, 0.6) is 0 Å². The molecule has 0 aliphatic heterocycles. The zero-order valence-electron chi connectivity index (χ0n) is 17.2. The van der Waals surface area contributed by atoms with E-state index in [1.54, 1.807) is 0 Å². The molecule has 1 N–H and O–H groups in total. The molecule has 0 saturated heterocycles. The fourth-order valence-electron chi connectivity index (χ4n) is 5.41. The van der Waals surface area contributed by atoms with Crippen molar-refractivity contribution in [1.29, 1.82) is 0 Å². The van der Waals surface area contributed by atoms with Crippen molar-refractivity contribution in [1.82, 2.24) is 25.2 Å². The van der Waals surface area contributed by atoms with Gasteiger partial charge in [-0.2, -0.15) is 13.2 Å². The van der Waals surface area contributed by atoms with E-state index in [-0.39, 0.29) is 19.3 Å². The van der Waals surface area contributed by atoms with E-state index in [1.165, 1.54) is 6.07 Å². The number of pyridine rings is 1. The highest BCUT2D eigenvalue weighted by atomic mass is 19.4. The molecule has 0 amide bonds. The van der Waals surface area contributed by atoms with Crippen molar-refractivity contribution >= 4 is 0 Å². The molecule has 1 unspecified atom stereocenters. The summed E-state index contributed by atoms with van der Waals surface area (Å²) in [6.07, 6.45) is -3.09. The van der Waals surface area contributed by atoms with Crippen LogP contribution in [0.3, 0.4) is 0 Å². The molecule has 13 heteroatoms. The van der Waals surface area contributed by atoms with E-state index in [0.717, 1.165) is 35.4 Å². The third-order valence-electron chi connectivity index (χ3n) is 7.04. The van der Waals surface area contributed by atoms with E-state index in [4.69, 9.17) is 0 Å². The Labute approximate surface area is 187 Å². The lowest BCUT2D eigenvalue weighted by atomic mass is 9.30. The Morgan fingerprint density at radius 3 is 2.24 bits per heavy atom. The lowest BCUT2D eigenvalue weighted by Gasteiger charge is -2.74. The largest absolute Gasteiger partial charge is 0.433 e. The van der Waals surface area contributed by atoms with Crippen molar-refractivity contribution in [2.24, 2.45) is 5.41 Å². The minimum atomic E-state index is -4.63. The summed E-state index contributed by atoms with van der Waals surface area (Å²) in [7, 11) is 0. The van der Waals surface area contributed by atoms with Gasteiger partial charge in [0.15, 0.2) is 5.60 Å². The monoisotopic (exact) mass is 487 g/mol. The molecule has 3 aromatic rings. The van der Waals surface area contributed by atoms with E-state index in [9.17, 15) is 27.1 Å². The van der Waals surface area contributed by atoms with Crippen LogP contribution in [0.4, 0.5) is 30.7 Å². The summed E-state index contributed by atoms with van der Waals surface area (Å²) >= 11 is 0. The second kappa shape index (κ2) is 6.96. The summed E-state index contributed by atoms with van der Waals surface area (Å²) in [5.41, 5.74) is -7.22. The van der Waals surface area contributed by atoms with E-state index < -0.39 is 58.0 Å². The molecule has 6 rings (SSSR count). The van der Waals surface area contributed by atoms with E-state index in [2.05, 4.69) is 20.5 Å². The van der Waals surface area contributed by atoms with Gasteiger partial charge in [0, 0.05) is 23.2 Å².